The van der Waals surface area contributed by atoms with Crippen molar-refractivity contribution in [1.82, 2.24) is 19.8 Å². The van der Waals surface area contributed by atoms with Crippen LogP contribution in [-0.4, -0.2) is 19.8 Å². The van der Waals surface area contributed by atoms with E-state index in [1.54, 1.807) is 22.7 Å². The molecule has 0 spiro atoms. The molecule has 0 aliphatic carbocycles. The third-order valence-corrected chi connectivity index (χ3v) is 3.31. The van der Waals surface area contributed by atoms with Gasteiger partial charge < -0.3 is 4.74 Å². The van der Waals surface area contributed by atoms with Crippen molar-refractivity contribution in [3.05, 3.63) is 45.7 Å². The first-order valence-electron chi connectivity index (χ1n) is 5.45. The summed E-state index contributed by atoms with van der Waals surface area (Å²) in [7, 11) is 0. The van der Waals surface area contributed by atoms with E-state index in [9.17, 15) is 0 Å². The van der Waals surface area contributed by atoms with Gasteiger partial charge in [0, 0.05) is 6.07 Å². The number of nitrogens with zero attached hydrogens (tertiary/aromatic N) is 4. The highest BCUT2D eigenvalue weighted by atomic mass is 79.9. The molecule has 3 rings (SSSR count). The number of hydrogen-bond acceptors (Lipinski definition) is 4. The molecule has 0 saturated carbocycles. The van der Waals surface area contributed by atoms with Crippen LogP contribution in [0.1, 0.15) is 5.56 Å². The lowest BCUT2D eigenvalue weighted by molar-refractivity contribution is 0.451. The van der Waals surface area contributed by atoms with Crippen LogP contribution in [0, 0.1) is 6.92 Å². The zero-order valence-electron chi connectivity index (χ0n) is 9.84. The maximum Gasteiger partial charge on any atom is 0.237 e. The smallest absolute Gasteiger partial charge is 0.237 e. The van der Waals surface area contributed by atoms with Crippen molar-refractivity contribution in [2.45, 2.75) is 6.92 Å². The van der Waals surface area contributed by atoms with Gasteiger partial charge in [-0.3, -0.25) is 0 Å². The molecule has 1 aromatic carbocycles. The minimum absolute atomic E-state index is 0.417. The summed E-state index contributed by atoms with van der Waals surface area (Å²) in [6, 6.07) is 9.05. The number of benzene rings is 1. The predicted molar refractivity (Wildman–Crippen MR) is 74.7 cm³/mol. The summed E-state index contributed by atoms with van der Waals surface area (Å²) in [5.74, 6) is 0.984. The fourth-order valence-corrected chi connectivity index (χ4v) is 2.10. The Morgan fingerprint density at radius 2 is 2.05 bits per heavy atom. The van der Waals surface area contributed by atoms with Crippen LogP contribution in [0.2, 0.25) is 5.02 Å². The molecule has 96 valence electrons. The maximum atomic E-state index is 6.08. The summed E-state index contributed by atoms with van der Waals surface area (Å²) >= 11 is 9.34. The van der Waals surface area contributed by atoms with Gasteiger partial charge in [0.25, 0.3) is 0 Å². The minimum atomic E-state index is 0.417. The Labute approximate surface area is 122 Å². The summed E-state index contributed by atoms with van der Waals surface area (Å²) in [6.07, 6.45) is 0. The van der Waals surface area contributed by atoms with E-state index >= 15 is 0 Å². The third kappa shape index (κ3) is 2.41. The van der Waals surface area contributed by atoms with Gasteiger partial charge in [-0.25, -0.2) is 0 Å². The molecule has 2 heterocycles. The summed E-state index contributed by atoms with van der Waals surface area (Å²) in [5, 5.41) is 12.6. The van der Waals surface area contributed by atoms with Gasteiger partial charge in [-0.05, 0) is 46.6 Å². The van der Waals surface area contributed by atoms with Crippen molar-refractivity contribution in [2.75, 3.05) is 0 Å². The molecule has 0 saturated heterocycles. The molecule has 0 aliphatic heterocycles. The van der Waals surface area contributed by atoms with E-state index in [4.69, 9.17) is 16.3 Å². The molecule has 2 aromatic heterocycles. The molecule has 0 atom stereocenters. The van der Waals surface area contributed by atoms with Gasteiger partial charge in [0.2, 0.25) is 10.6 Å². The molecular weight excluding hydrogens is 332 g/mol. The zero-order chi connectivity index (χ0) is 13.4. The molecule has 19 heavy (non-hydrogen) atoms. The van der Waals surface area contributed by atoms with E-state index in [1.165, 1.54) is 0 Å². The molecule has 0 N–H and O–H groups in total. The Kier molecular flexibility index (Phi) is 3.12. The zero-order valence-corrected chi connectivity index (χ0v) is 12.2. The summed E-state index contributed by atoms with van der Waals surface area (Å²) in [5.41, 5.74) is 1.69. The van der Waals surface area contributed by atoms with Crippen LogP contribution in [0.3, 0.4) is 0 Å². The highest BCUT2D eigenvalue weighted by molar-refractivity contribution is 9.10. The van der Waals surface area contributed by atoms with Crippen molar-refractivity contribution in [3.63, 3.8) is 0 Å². The number of hydrogen-bond donors (Lipinski definition) is 0. The molecule has 0 radical (unpaired) electrons. The Morgan fingerprint density at radius 3 is 2.89 bits per heavy atom. The number of aryl methyl sites for hydroxylation is 1. The van der Waals surface area contributed by atoms with Gasteiger partial charge in [0.1, 0.15) is 5.75 Å². The maximum absolute atomic E-state index is 6.08. The quantitative estimate of drug-likeness (QED) is 0.715. The van der Waals surface area contributed by atoms with Crippen LogP contribution in [0.4, 0.5) is 0 Å². The summed E-state index contributed by atoms with van der Waals surface area (Å²) < 4.78 is 7.74. The van der Waals surface area contributed by atoms with Gasteiger partial charge in [0.05, 0.1) is 5.02 Å². The van der Waals surface area contributed by atoms with Gasteiger partial charge in [0.15, 0.2) is 5.65 Å². The molecule has 5 nitrogen and oxygen atoms in total. The van der Waals surface area contributed by atoms with Crippen molar-refractivity contribution in [1.29, 1.82) is 0 Å². The molecule has 3 aromatic rings. The second kappa shape index (κ2) is 4.79. The van der Waals surface area contributed by atoms with Crippen LogP contribution in [0.5, 0.6) is 11.6 Å². The van der Waals surface area contributed by atoms with Crippen molar-refractivity contribution in [2.24, 2.45) is 0 Å². The minimum Gasteiger partial charge on any atom is -0.436 e. The van der Waals surface area contributed by atoms with Gasteiger partial charge in [-0.15, -0.1) is 15.3 Å². The molecule has 7 heteroatoms. The van der Waals surface area contributed by atoms with Gasteiger partial charge in [-0.1, -0.05) is 17.7 Å². The summed E-state index contributed by atoms with van der Waals surface area (Å²) in [4.78, 5) is 0. The van der Waals surface area contributed by atoms with Crippen molar-refractivity contribution >= 4 is 33.2 Å². The lowest BCUT2D eigenvalue weighted by Crippen LogP contribution is -1.96. The SMILES string of the molecule is Cc1ccc(Cl)c(Oc2ccc3nnc(Br)n3n2)c1. The second-order valence-electron chi connectivity index (χ2n) is 3.95. The second-order valence-corrected chi connectivity index (χ2v) is 5.06. The van der Waals surface area contributed by atoms with Crippen LogP contribution in [0.15, 0.2) is 35.1 Å². The Hall–Kier alpha value is -1.66. The van der Waals surface area contributed by atoms with E-state index in [1.807, 2.05) is 19.1 Å². The Morgan fingerprint density at radius 1 is 1.21 bits per heavy atom. The molecule has 0 unspecified atom stereocenters. The predicted octanol–water partition coefficient (Wildman–Crippen LogP) is 3.64. The fraction of sp³-hybridized carbons (Fsp3) is 0.0833. The van der Waals surface area contributed by atoms with E-state index in [2.05, 4.69) is 31.2 Å². The molecule has 0 amide bonds. The first-order chi connectivity index (χ1) is 9.13. The Bertz CT molecular complexity index is 759. The van der Waals surface area contributed by atoms with E-state index < -0.39 is 0 Å². The lowest BCUT2D eigenvalue weighted by Gasteiger charge is -2.07. The van der Waals surface area contributed by atoms with E-state index in [0.717, 1.165) is 5.56 Å². The molecule has 0 bridgehead atoms. The normalized spacial score (nSPS) is 10.9. The average molecular weight is 340 g/mol. The van der Waals surface area contributed by atoms with Crippen molar-refractivity contribution in [3.8, 4) is 11.6 Å². The number of halogens is 2. The topological polar surface area (TPSA) is 52.3 Å². The lowest BCUT2D eigenvalue weighted by atomic mass is 10.2. The van der Waals surface area contributed by atoms with Crippen LogP contribution in [0.25, 0.3) is 5.65 Å². The van der Waals surface area contributed by atoms with Crippen LogP contribution >= 0.6 is 27.5 Å². The number of rotatable bonds is 2. The van der Waals surface area contributed by atoms with Gasteiger partial charge >= 0.3 is 0 Å². The van der Waals surface area contributed by atoms with E-state index in [0.29, 0.717) is 27.0 Å². The van der Waals surface area contributed by atoms with Crippen molar-refractivity contribution < 1.29 is 4.74 Å². The highest BCUT2D eigenvalue weighted by Crippen LogP contribution is 2.29. The first kappa shape index (κ1) is 12.4. The monoisotopic (exact) mass is 338 g/mol. The summed E-state index contributed by atoms with van der Waals surface area (Å²) in [6.45, 7) is 1.97. The number of ether oxygens (including phenoxy) is 1. The largest absolute Gasteiger partial charge is 0.436 e. The number of fused-ring (bicyclic) bond motifs is 1. The fourth-order valence-electron chi connectivity index (χ4n) is 1.60. The average Bonchev–Trinajstić information content (AvgIpc) is 2.76. The highest BCUT2D eigenvalue weighted by Gasteiger charge is 2.08. The van der Waals surface area contributed by atoms with Crippen LogP contribution < -0.4 is 4.74 Å². The molecule has 0 aliphatic rings. The molecule has 0 fully saturated rings. The molecular formula is C12H8BrClN4O. The van der Waals surface area contributed by atoms with E-state index in [-0.39, 0.29) is 0 Å². The number of aromatic nitrogens is 4. The third-order valence-electron chi connectivity index (χ3n) is 2.50. The van der Waals surface area contributed by atoms with Gasteiger partial charge in [-0.2, -0.15) is 4.52 Å². The van der Waals surface area contributed by atoms with Crippen LogP contribution in [-0.2, 0) is 0 Å². The first-order valence-corrected chi connectivity index (χ1v) is 6.62. The standard InChI is InChI=1S/C12H8BrClN4O/c1-7-2-3-8(14)9(6-7)19-11-5-4-10-15-16-12(13)18(10)17-11/h2-6H,1H3. The Balaban J connectivity index is 2.00.